The van der Waals surface area contributed by atoms with Gasteiger partial charge in [-0.25, -0.2) is 12.7 Å². The molecule has 1 aliphatic carbocycles. The highest BCUT2D eigenvalue weighted by atomic mass is 79.9. The van der Waals surface area contributed by atoms with Gasteiger partial charge in [-0.3, -0.25) is 0 Å². The van der Waals surface area contributed by atoms with E-state index in [-0.39, 0.29) is 0 Å². The van der Waals surface area contributed by atoms with E-state index in [4.69, 9.17) is 0 Å². The van der Waals surface area contributed by atoms with Gasteiger partial charge < -0.3 is 5.32 Å². The number of sulfonamides is 1. The molecule has 0 aromatic carbocycles. The van der Waals surface area contributed by atoms with Crippen molar-refractivity contribution < 1.29 is 8.42 Å². The van der Waals surface area contributed by atoms with Crippen LogP contribution in [0.4, 0.5) is 0 Å². The molecular formula is C14H23BrN2O2S2. The molecule has 1 unspecified atom stereocenters. The molecule has 120 valence electrons. The first-order valence-corrected chi connectivity index (χ1v) is 10.8. The second kappa shape index (κ2) is 7.55. The quantitative estimate of drug-likeness (QED) is 0.722. The highest BCUT2D eigenvalue weighted by molar-refractivity contribution is 9.11. The molecule has 1 aromatic heterocycles. The first-order valence-electron chi connectivity index (χ1n) is 7.38. The number of fused-ring (bicyclic) bond motifs is 1. The zero-order valence-electron chi connectivity index (χ0n) is 12.6. The van der Waals surface area contributed by atoms with Crippen molar-refractivity contribution in [1.29, 1.82) is 0 Å². The molecule has 0 saturated heterocycles. The predicted octanol–water partition coefficient (Wildman–Crippen LogP) is 3.15. The van der Waals surface area contributed by atoms with Gasteiger partial charge in [-0.2, -0.15) is 0 Å². The fraction of sp³-hybridized carbons (Fsp3) is 0.714. The number of hydrogen-bond donors (Lipinski definition) is 1. The fourth-order valence-corrected chi connectivity index (χ4v) is 5.57. The number of halogens is 1. The monoisotopic (exact) mass is 394 g/mol. The zero-order chi connectivity index (χ0) is 15.5. The van der Waals surface area contributed by atoms with Crippen LogP contribution < -0.4 is 5.32 Å². The number of rotatable bonds is 7. The summed E-state index contributed by atoms with van der Waals surface area (Å²) in [4.78, 5) is 1.48. The summed E-state index contributed by atoms with van der Waals surface area (Å²) in [5, 5.41) is 3.59. The molecule has 1 aromatic rings. The van der Waals surface area contributed by atoms with Gasteiger partial charge in [-0.1, -0.05) is 6.92 Å². The lowest BCUT2D eigenvalue weighted by molar-refractivity contribution is 0.401. The maximum absolute atomic E-state index is 11.5. The van der Waals surface area contributed by atoms with Crippen molar-refractivity contribution >= 4 is 37.3 Å². The van der Waals surface area contributed by atoms with Crippen molar-refractivity contribution in [1.82, 2.24) is 9.62 Å². The zero-order valence-corrected chi connectivity index (χ0v) is 15.8. The molecule has 7 heteroatoms. The van der Waals surface area contributed by atoms with Gasteiger partial charge in [0.2, 0.25) is 10.0 Å². The molecule has 4 nitrogen and oxygen atoms in total. The normalized spacial score (nSPS) is 19.0. The molecular weight excluding hydrogens is 372 g/mol. The maximum atomic E-state index is 11.5. The molecule has 2 rings (SSSR count). The van der Waals surface area contributed by atoms with E-state index in [1.165, 1.54) is 44.1 Å². The molecule has 0 radical (unpaired) electrons. The Morgan fingerprint density at radius 2 is 2.29 bits per heavy atom. The molecule has 1 atom stereocenters. The lowest BCUT2D eigenvalue weighted by Crippen LogP contribution is -2.33. The summed E-state index contributed by atoms with van der Waals surface area (Å²) in [7, 11) is -3.06. The van der Waals surface area contributed by atoms with Crippen LogP contribution in [0.15, 0.2) is 9.85 Å². The molecule has 1 aliphatic rings. The van der Waals surface area contributed by atoms with Gasteiger partial charge in [0, 0.05) is 24.0 Å². The predicted molar refractivity (Wildman–Crippen MR) is 92.4 cm³/mol. The van der Waals surface area contributed by atoms with E-state index in [1.807, 2.05) is 18.3 Å². The minimum absolute atomic E-state index is 0.421. The van der Waals surface area contributed by atoms with Gasteiger partial charge in [-0.05, 0) is 59.8 Å². The Balaban J connectivity index is 1.82. The highest BCUT2D eigenvalue weighted by Gasteiger charge is 2.22. The van der Waals surface area contributed by atoms with Crippen LogP contribution in [0.2, 0.25) is 0 Å². The van der Waals surface area contributed by atoms with Crippen molar-refractivity contribution in [3.05, 3.63) is 20.3 Å². The van der Waals surface area contributed by atoms with E-state index in [0.29, 0.717) is 19.1 Å². The van der Waals surface area contributed by atoms with Gasteiger partial charge in [0.25, 0.3) is 0 Å². The van der Waals surface area contributed by atoms with E-state index >= 15 is 0 Å². The molecule has 0 spiro atoms. The topological polar surface area (TPSA) is 49.4 Å². The SMILES string of the molecule is CCN(CCCNC1CCCc2sc(Br)cc21)S(C)(=O)=O. The van der Waals surface area contributed by atoms with Crippen LogP contribution in [0.1, 0.15) is 42.7 Å². The lowest BCUT2D eigenvalue weighted by Gasteiger charge is -2.24. The minimum Gasteiger partial charge on any atom is -0.310 e. The fourth-order valence-electron chi connectivity index (χ4n) is 2.82. The van der Waals surface area contributed by atoms with Crippen molar-refractivity contribution in [3.8, 4) is 0 Å². The van der Waals surface area contributed by atoms with E-state index in [1.54, 1.807) is 0 Å². The third-order valence-corrected chi connectivity index (χ3v) is 6.97. The highest BCUT2D eigenvalue weighted by Crippen LogP contribution is 2.37. The number of hydrogen-bond acceptors (Lipinski definition) is 4. The van der Waals surface area contributed by atoms with Crippen LogP contribution in [0.3, 0.4) is 0 Å². The largest absolute Gasteiger partial charge is 0.310 e. The summed E-state index contributed by atoms with van der Waals surface area (Å²) < 4.78 is 25.8. The summed E-state index contributed by atoms with van der Waals surface area (Å²) in [5.74, 6) is 0. The third kappa shape index (κ3) is 4.76. The summed E-state index contributed by atoms with van der Waals surface area (Å²) in [5.41, 5.74) is 1.42. The second-order valence-corrected chi connectivity index (χ2v) is 9.93. The van der Waals surface area contributed by atoms with E-state index < -0.39 is 10.0 Å². The van der Waals surface area contributed by atoms with E-state index in [0.717, 1.165) is 13.0 Å². The number of nitrogens with one attached hydrogen (secondary N) is 1. The van der Waals surface area contributed by atoms with Crippen LogP contribution in [0, 0.1) is 0 Å². The Morgan fingerprint density at radius 3 is 2.95 bits per heavy atom. The van der Waals surface area contributed by atoms with Gasteiger partial charge in [0.05, 0.1) is 10.0 Å². The first-order chi connectivity index (χ1) is 9.91. The molecule has 1 heterocycles. The van der Waals surface area contributed by atoms with Gasteiger partial charge in [-0.15, -0.1) is 11.3 Å². The van der Waals surface area contributed by atoms with Crippen LogP contribution in [0.5, 0.6) is 0 Å². The van der Waals surface area contributed by atoms with Gasteiger partial charge >= 0.3 is 0 Å². The van der Waals surface area contributed by atoms with Crippen molar-refractivity contribution in [2.24, 2.45) is 0 Å². The standard InChI is InChI=1S/C14H23BrN2O2S2/c1-3-17(21(2,18)19)9-5-8-16-12-6-4-7-13-11(12)10-14(15)20-13/h10,12,16H,3-9H2,1-2H3. The Morgan fingerprint density at radius 1 is 1.52 bits per heavy atom. The molecule has 0 saturated carbocycles. The van der Waals surface area contributed by atoms with Gasteiger partial charge in [0.1, 0.15) is 0 Å². The molecule has 0 amide bonds. The summed E-state index contributed by atoms with van der Waals surface area (Å²) >= 11 is 5.40. The average Bonchev–Trinajstić information content (AvgIpc) is 2.78. The van der Waals surface area contributed by atoms with E-state index in [2.05, 4.69) is 27.3 Å². The summed E-state index contributed by atoms with van der Waals surface area (Å²) in [6.07, 6.45) is 5.70. The Hall–Kier alpha value is 0.0500. The average molecular weight is 395 g/mol. The Labute approximate surface area is 140 Å². The van der Waals surface area contributed by atoms with Crippen molar-refractivity contribution in [3.63, 3.8) is 0 Å². The maximum Gasteiger partial charge on any atom is 0.211 e. The van der Waals surface area contributed by atoms with Crippen LogP contribution >= 0.6 is 27.3 Å². The van der Waals surface area contributed by atoms with Crippen LogP contribution in [-0.2, 0) is 16.4 Å². The molecule has 1 N–H and O–H groups in total. The minimum atomic E-state index is -3.06. The molecule has 0 bridgehead atoms. The molecule has 21 heavy (non-hydrogen) atoms. The summed E-state index contributed by atoms with van der Waals surface area (Å²) in [6.45, 7) is 3.87. The smallest absolute Gasteiger partial charge is 0.211 e. The molecule has 0 aliphatic heterocycles. The van der Waals surface area contributed by atoms with Crippen molar-refractivity contribution in [2.45, 2.75) is 38.6 Å². The number of aryl methyl sites for hydroxylation is 1. The second-order valence-electron chi connectivity index (χ2n) is 5.44. The Bertz CT molecular complexity index is 572. The lowest BCUT2D eigenvalue weighted by atomic mass is 9.94. The van der Waals surface area contributed by atoms with Gasteiger partial charge in [0.15, 0.2) is 0 Å². The first kappa shape index (κ1) is 17.4. The van der Waals surface area contributed by atoms with Crippen LogP contribution in [-0.4, -0.2) is 38.6 Å². The third-order valence-electron chi connectivity index (χ3n) is 3.88. The number of nitrogens with zero attached hydrogens (tertiary/aromatic N) is 1. The van der Waals surface area contributed by atoms with E-state index in [9.17, 15) is 8.42 Å². The Kier molecular flexibility index (Phi) is 6.25. The van der Waals surface area contributed by atoms with Crippen molar-refractivity contribution in [2.75, 3.05) is 25.9 Å². The number of thiophene rings is 1. The summed E-state index contributed by atoms with van der Waals surface area (Å²) in [6, 6.07) is 2.65. The van der Waals surface area contributed by atoms with Crippen LogP contribution in [0.25, 0.3) is 0 Å². The molecule has 0 fully saturated rings.